The van der Waals surface area contributed by atoms with E-state index in [1.807, 2.05) is 21.1 Å². The molecule has 0 aliphatic heterocycles. The molecule has 10 heteroatoms. The topological polar surface area (TPSA) is 111 Å². The maximum absolute atomic E-state index is 12.9. The molecule has 0 radical (unpaired) electrons. The Morgan fingerprint density at radius 1 is 0.369 bits per heavy atom. The van der Waals surface area contributed by atoms with E-state index in [2.05, 4.69) is 148 Å². The lowest BCUT2D eigenvalue weighted by atomic mass is 10.0. The van der Waals surface area contributed by atoms with Gasteiger partial charge in [0.1, 0.15) is 19.8 Å². The SMILES string of the molecule is CC/C=C\C/C=C\C/C=C\C/C=C\C/C=C\C/C=C\CCCCCCCCCCCCCCC(=O)OC(COC(=O)CCCCCCCCCCCCCCC/C=C\C/C=C\C/C=C\C/C=C\C/C=C\CC)COP(=O)([O-])OCC[N+](C)(C)C. The molecule has 0 rings (SSSR count). The summed E-state index contributed by atoms with van der Waals surface area (Å²) in [7, 11) is 1.15. The highest BCUT2D eigenvalue weighted by molar-refractivity contribution is 7.45. The first-order valence-electron chi connectivity index (χ1n) is 33.9. The summed E-state index contributed by atoms with van der Waals surface area (Å²) in [5.74, 6) is -0.838. The summed E-state index contributed by atoms with van der Waals surface area (Å²) in [6.07, 6.45) is 92.3. The highest BCUT2D eigenvalue weighted by atomic mass is 31.2. The molecule has 0 aromatic heterocycles. The summed E-state index contributed by atoms with van der Waals surface area (Å²) in [4.78, 5) is 38.1. The second-order valence-corrected chi connectivity index (χ2v) is 24.8. The Morgan fingerprint density at radius 3 is 0.952 bits per heavy atom. The predicted octanol–water partition coefficient (Wildman–Crippen LogP) is 21.4. The van der Waals surface area contributed by atoms with E-state index in [1.165, 1.54) is 128 Å². The van der Waals surface area contributed by atoms with Gasteiger partial charge in [0.05, 0.1) is 27.7 Å². The Morgan fingerprint density at radius 2 is 0.643 bits per heavy atom. The first kappa shape index (κ1) is 80.2. The van der Waals surface area contributed by atoms with Crippen LogP contribution >= 0.6 is 7.82 Å². The van der Waals surface area contributed by atoms with Crippen molar-refractivity contribution in [2.24, 2.45) is 0 Å². The number of likely N-dealkylation sites (N-methyl/N-ethyl adjacent to an activating group) is 1. The molecule has 0 spiro atoms. The second-order valence-electron chi connectivity index (χ2n) is 23.4. The Labute approximate surface area is 517 Å². The van der Waals surface area contributed by atoms with Gasteiger partial charge in [-0.05, 0) is 109 Å². The molecule has 0 saturated heterocycles. The zero-order valence-corrected chi connectivity index (χ0v) is 55.4. The quantitative estimate of drug-likeness (QED) is 0.0195. The van der Waals surface area contributed by atoms with Crippen molar-refractivity contribution in [1.29, 1.82) is 0 Å². The second kappa shape index (κ2) is 63.6. The first-order chi connectivity index (χ1) is 41.0. The molecule has 0 heterocycles. The number of quaternary nitrogens is 1. The molecule has 0 saturated carbocycles. The molecule has 0 aromatic rings. The summed E-state index contributed by atoms with van der Waals surface area (Å²) in [6, 6.07) is 0. The zero-order valence-electron chi connectivity index (χ0n) is 54.6. The van der Waals surface area contributed by atoms with Crippen molar-refractivity contribution < 1.29 is 42.1 Å². The van der Waals surface area contributed by atoms with Crippen LogP contribution in [0, 0.1) is 0 Å². The Bertz CT molecular complexity index is 1880. The van der Waals surface area contributed by atoms with Crippen LogP contribution in [0.25, 0.3) is 0 Å². The molecule has 2 unspecified atom stereocenters. The van der Waals surface area contributed by atoms with Crippen molar-refractivity contribution in [3.8, 4) is 0 Å². The van der Waals surface area contributed by atoms with Crippen molar-refractivity contribution in [3.63, 3.8) is 0 Å². The number of unbranched alkanes of at least 4 members (excludes halogenated alkanes) is 25. The van der Waals surface area contributed by atoms with Gasteiger partial charge in [0, 0.05) is 12.8 Å². The Balaban J connectivity index is 4.10. The van der Waals surface area contributed by atoms with Crippen LogP contribution in [-0.2, 0) is 32.7 Å². The molecular formula is C74H126NO8P. The van der Waals surface area contributed by atoms with Crippen LogP contribution in [-0.4, -0.2) is 70.0 Å². The molecule has 480 valence electrons. The van der Waals surface area contributed by atoms with E-state index < -0.39 is 26.5 Å². The van der Waals surface area contributed by atoms with E-state index in [0.717, 1.165) is 109 Å². The molecule has 0 aliphatic rings. The van der Waals surface area contributed by atoms with Gasteiger partial charge in [-0.1, -0.05) is 282 Å². The van der Waals surface area contributed by atoms with Crippen molar-refractivity contribution in [2.45, 2.75) is 277 Å². The molecule has 0 amide bonds. The van der Waals surface area contributed by atoms with Gasteiger partial charge in [0.15, 0.2) is 6.10 Å². The van der Waals surface area contributed by atoms with Crippen LogP contribution in [0.3, 0.4) is 0 Å². The zero-order chi connectivity index (χ0) is 61.2. The van der Waals surface area contributed by atoms with Gasteiger partial charge < -0.3 is 27.9 Å². The van der Waals surface area contributed by atoms with E-state index in [4.69, 9.17) is 18.5 Å². The fraction of sp³-hybridized carbons (Fsp3) is 0.676. The van der Waals surface area contributed by atoms with Crippen molar-refractivity contribution in [2.75, 3.05) is 47.5 Å². The molecule has 0 N–H and O–H groups in total. The summed E-state index contributed by atoms with van der Waals surface area (Å²) in [5.41, 5.74) is 0. The lowest BCUT2D eigenvalue weighted by Crippen LogP contribution is -2.37. The summed E-state index contributed by atoms with van der Waals surface area (Å²) < 4.78 is 34.3. The highest BCUT2D eigenvalue weighted by Crippen LogP contribution is 2.38. The highest BCUT2D eigenvalue weighted by Gasteiger charge is 2.22. The number of carbonyl (C=O) groups excluding carboxylic acids is 2. The number of ether oxygens (including phenoxy) is 2. The lowest BCUT2D eigenvalue weighted by molar-refractivity contribution is -0.870. The number of hydrogen-bond donors (Lipinski definition) is 0. The minimum absolute atomic E-state index is 0.0368. The number of allylic oxidation sites excluding steroid dienone is 22. The van der Waals surface area contributed by atoms with E-state index in [1.54, 1.807) is 0 Å². The average Bonchev–Trinajstić information content (AvgIpc) is 3.61. The minimum atomic E-state index is -4.65. The normalized spacial score (nSPS) is 14.0. The minimum Gasteiger partial charge on any atom is -0.756 e. The largest absolute Gasteiger partial charge is 0.756 e. The van der Waals surface area contributed by atoms with E-state index in [0.29, 0.717) is 17.4 Å². The summed E-state index contributed by atoms with van der Waals surface area (Å²) in [5, 5.41) is 0. The van der Waals surface area contributed by atoms with Crippen molar-refractivity contribution in [1.82, 2.24) is 0 Å². The lowest BCUT2D eigenvalue weighted by Gasteiger charge is -2.28. The van der Waals surface area contributed by atoms with E-state index in [-0.39, 0.29) is 32.0 Å². The van der Waals surface area contributed by atoms with Crippen LogP contribution in [0.15, 0.2) is 134 Å². The number of phosphoric ester groups is 1. The number of phosphoric acid groups is 1. The first-order valence-corrected chi connectivity index (χ1v) is 35.4. The molecule has 2 atom stereocenters. The molecule has 0 bridgehead atoms. The van der Waals surface area contributed by atoms with Gasteiger partial charge in [-0.3, -0.25) is 14.2 Å². The fourth-order valence-electron chi connectivity index (χ4n) is 9.04. The third-order valence-corrected chi connectivity index (χ3v) is 15.1. The standard InChI is InChI=1S/C74H126NO8P/c1-6-8-10-12-14-16-18-20-22-24-26-28-30-32-34-36-37-39-41-43-45-47-49-51-53-55-57-59-61-63-65-67-74(77)83-72(71-82-84(78,79)81-69-68-75(3,4)5)70-80-73(76)66-64-62-60-58-56-54-52-50-48-46-44-42-40-38-35-33-31-29-27-25-23-21-19-17-15-13-11-9-7-2/h8-11,14-17,20-23,26-29,32-35,37,39,72H,6-7,12-13,18-19,24-25,30-31,36,38,40-71H2,1-5H3/b10-8-,11-9-,16-14-,17-15-,22-20-,23-21-,28-26-,29-27-,34-32-,35-33-,39-37-. The molecular weight excluding hydrogens is 1060 g/mol. The molecule has 0 fully saturated rings. The third kappa shape index (κ3) is 67.3. The van der Waals surface area contributed by atoms with Gasteiger partial charge in [-0.25, -0.2) is 0 Å². The smallest absolute Gasteiger partial charge is 0.306 e. The van der Waals surface area contributed by atoms with Crippen LogP contribution in [0.4, 0.5) is 0 Å². The molecule has 0 aliphatic carbocycles. The van der Waals surface area contributed by atoms with Crippen LogP contribution < -0.4 is 4.89 Å². The van der Waals surface area contributed by atoms with Crippen LogP contribution in [0.2, 0.25) is 0 Å². The molecule has 0 aromatic carbocycles. The number of rotatable bonds is 61. The summed E-state index contributed by atoms with van der Waals surface area (Å²) >= 11 is 0. The third-order valence-electron chi connectivity index (χ3n) is 14.2. The fourth-order valence-corrected chi connectivity index (χ4v) is 9.77. The van der Waals surface area contributed by atoms with Gasteiger partial charge in [-0.2, -0.15) is 0 Å². The summed E-state index contributed by atoms with van der Waals surface area (Å²) in [6.45, 7) is 4.02. The monoisotopic (exact) mass is 1190 g/mol. The van der Waals surface area contributed by atoms with E-state index >= 15 is 0 Å². The number of carbonyl (C=O) groups is 2. The molecule has 9 nitrogen and oxygen atoms in total. The van der Waals surface area contributed by atoms with Crippen molar-refractivity contribution in [3.05, 3.63) is 134 Å². The average molecular weight is 1190 g/mol. The van der Waals surface area contributed by atoms with Crippen LogP contribution in [0.1, 0.15) is 271 Å². The molecule has 84 heavy (non-hydrogen) atoms. The number of nitrogens with zero attached hydrogens (tertiary/aromatic N) is 1. The maximum atomic E-state index is 12.9. The van der Waals surface area contributed by atoms with Gasteiger partial charge in [-0.15, -0.1) is 0 Å². The van der Waals surface area contributed by atoms with Crippen molar-refractivity contribution >= 4 is 19.8 Å². The Kier molecular flexibility index (Phi) is 60.7. The van der Waals surface area contributed by atoms with Gasteiger partial charge in [0.2, 0.25) is 0 Å². The Hall–Kier alpha value is -3.85. The van der Waals surface area contributed by atoms with Gasteiger partial charge in [0.25, 0.3) is 7.82 Å². The predicted molar refractivity (Wildman–Crippen MR) is 360 cm³/mol. The van der Waals surface area contributed by atoms with E-state index in [9.17, 15) is 19.0 Å². The number of hydrogen-bond acceptors (Lipinski definition) is 8. The number of esters is 2. The van der Waals surface area contributed by atoms with Crippen LogP contribution in [0.5, 0.6) is 0 Å². The van der Waals surface area contributed by atoms with Gasteiger partial charge >= 0.3 is 11.9 Å². The maximum Gasteiger partial charge on any atom is 0.306 e.